The van der Waals surface area contributed by atoms with E-state index in [2.05, 4.69) is 18.7 Å². The summed E-state index contributed by atoms with van der Waals surface area (Å²) in [6.07, 6.45) is 1.04. The predicted molar refractivity (Wildman–Crippen MR) is 49.9 cm³/mol. The van der Waals surface area contributed by atoms with Gasteiger partial charge in [0.05, 0.1) is 0 Å². The number of likely N-dealkylation sites (tertiary alicyclic amines) is 1. The summed E-state index contributed by atoms with van der Waals surface area (Å²) in [4.78, 5) is 2.37. The molecule has 3 N–H and O–H groups in total. The molecule has 1 heterocycles. The Bertz CT molecular complexity index is 138. The number of piperidine rings is 1. The summed E-state index contributed by atoms with van der Waals surface area (Å²) in [5, 5.41) is 8.99. The van der Waals surface area contributed by atoms with Crippen LogP contribution in [0.3, 0.4) is 0 Å². The SMILES string of the molecule is CC(C)N1CCC(CO)C(N)C1. The topological polar surface area (TPSA) is 49.5 Å². The maximum absolute atomic E-state index is 8.99. The fourth-order valence-electron chi connectivity index (χ4n) is 1.75. The third-order valence-electron chi connectivity index (χ3n) is 2.80. The molecule has 0 bridgehead atoms. The molecule has 0 radical (unpaired) electrons. The Balaban J connectivity index is 2.40. The Morgan fingerprint density at radius 3 is 2.67 bits per heavy atom. The molecule has 3 heteroatoms. The summed E-state index contributed by atoms with van der Waals surface area (Å²) >= 11 is 0. The van der Waals surface area contributed by atoms with Crippen LogP contribution in [0.25, 0.3) is 0 Å². The van der Waals surface area contributed by atoms with Gasteiger partial charge in [-0.25, -0.2) is 0 Å². The standard InChI is InChI=1S/C9H20N2O/c1-7(2)11-4-3-8(6-12)9(10)5-11/h7-9,12H,3-6,10H2,1-2H3. The van der Waals surface area contributed by atoms with Gasteiger partial charge in [-0.1, -0.05) is 0 Å². The number of hydrogen-bond acceptors (Lipinski definition) is 3. The Morgan fingerprint density at radius 1 is 1.58 bits per heavy atom. The fourth-order valence-corrected chi connectivity index (χ4v) is 1.75. The molecule has 1 fully saturated rings. The fraction of sp³-hybridized carbons (Fsp3) is 1.00. The molecule has 2 unspecified atom stereocenters. The molecule has 2 atom stereocenters. The highest BCUT2D eigenvalue weighted by Crippen LogP contribution is 2.17. The van der Waals surface area contributed by atoms with Crippen LogP contribution in [0.4, 0.5) is 0 Å². The summed E-state index contributed by atoms with van der Waals surface area (Å²) in [6.45, 7) is 6.63. The maximum atomic E-state index is 8.99. The lowest BCUT2D eigenvalue weighted by atomic mass is 9.92. The number of nitrogens with zero attached hydrogens (tertiary/aromatic N) is 1. The van der Waals surface area contributed by atoms with E-state index in [1.54, 1.807) is 0 Å². The monoisotopic (exact) mass is 172 g/mol. The van der Waals surface area contributed by atoms with Gasteiger partial charge in [0.2, 0.25) is 0 Å². The molecule has 1 rings (SSSR count). The second-order valence-electron chi connectivity index (χ2n) is 3.98. The molecule has 0 aromatic heterocycles. The quantitative estimate of drug-likeness (QED) is 0.618. The van der Waals surface area contributed by atoms with Crippen LogP contribution in [-0.4, -0.2) is 41.8 Å². The lowest BCUT2D eigenvalue weighted by molar-refractivity contribution is 0.0929. The van der Waals surface area contributed by atoms with Crippen molar-refractivity contribution in [3.63, 3.8) is 0 Å². The first kappa shape index (κ1) is 9.96. The van der Waals surface area contributed by atoms with Crippen molar-refractivity contribution in [3.8, 4) is 0 Å². The van der Waals surface area contributed by atoms with Crippen molar-refractivity contribution in [1.29, 1.82) is 0 Å². The zero-order valence-corrected chi connectivity index (χ0v) is 8.03. The van der Waals surface area contributed by atoms with E-state index in [-0.39, 0.29) is 12.6 Å². The van der Waals surface area contributed by atoms with Gasteiger partial charge in [0, 0.05) is 25.2 Å². The second-order valence-corrected chi connectivity index (χ2v) is 3.98. The van der Waals surface area contributed by atoms with Gasteiger partial charge in [0.25, 0.3) is 0 Å². The molecular weight excluding hydrogens is 152 g/mol. The van der Waals surface area contributed by atoms with E-state index >= 15 is 0 Å². The van der Waals surface area contributed by atoms with Gasteiger partial charge >= 0.3 is 0 Å². The van der Waals surface area contributed by atoms with Crippen LogP contribution in [-0.2, 0) is 0 Å². The van der Waals surface area contributed by atoms with Crippen LogP contribution in [0, 0.1) is 5.92 Å². The molecule has 0 amide bonds. The van der Waals surface area contributed by atoms with E-state index in [1.807, 2.05) is 0 Å². The number of rotatable bonds is 2. The molecule has 0 spiro atoms. The number of hydrogen-bond donors (Lipinski definition) is 2. The lowest BCUT2D eigenvalue weighted by Gasteiger charge is -2.38. The third-order valence-corrected chi connectivity index (χ3v) is 2.80. The van der Waals surface area contributed by atoms with Crippen LogP contribution in [0.15, 0.2) is 0 Å². The van der Waals surface area contributed by atoms with E-state index in [0.29, 0.717) is 12.0 Å². The molecule has 0 aromatic carbocycles. The number of aliphatic hydroxyl groups is 1. The van der Waals surface area contributed by atoms with Crippen LogP contribution >= 0.6 is 0 Å². The molecular formula is C9H20N2O. The Hall–Kier alpha value is -0.120. The first-order chi connectivity index (χ1) is 5.65. The second kappa shape index (κ2) is 4.21. The first-order valence-corrected chi connectivity index (χ1v) is 4.75. The van der Waals surface area contributed by atoms with Crippen LogP contribution < -0.4 is 5.73 Å². The van der Waals surface area contributed by atoms with Gasteiger partial charge in [0.1, 0.15) is 0 Å². The van der Waals surface area contributed by atoms with E-state index in [4.69, 9.17) is 10.8 Å². The van der Waals surface area contributed by atoms with Crippen molar-refractivity contribution < 1.29 is 5.11 Å². The molecule has 0 aliphatic carbocycles. The van der Waals surface area contributed by atoms with Gasteiger partial charge in [0.15, 0.2) is 0 Å². The van der Waals surface area contributed by atoms with E-state index in [0.717, 1.165) is 19.5 Å². The summed E-state index contributed by atoms with van der Waals surface area (Å²) in [5.41, 5.74) is 5.92. The van der Waals surface area contributed by atoms with E-state index in [9.17, 15) is 0 Å². The van der Waals surface area contributed by atoms with Crippen LogP contribution in [0.1, 0.15) is 20.3 Å². The molecule has 1 saturated heterocycles. The highest BCUT2D eigenvalue weighted by atomic mass is 16.3. The molecule has 1 aliphatic rings. The highest BCUT2D eigenvalue weighted by molar-refractivity contribution is 4.83. The molecule has 12 heavy (non-hydrogen) atoms. The van der Waals surface area contributed by atoms with Gasteiger partial charge in [-0.05, 0) is 32.7 Å². The van der Waals surface area contributed by atoms with Crippen molar-refractivity contribution in [2.75, 3.05) is 19.7 Å². The number of nitrogens with two attached hydrogens (primary N) is 1. The third kappa shape index (κ3) is 2.19. The average Bonchev–Trinajstić information content (AvgIpc) is 2.04. The van der Waals surface area contributed by atoms with Gasteiger partial charge in [-0.3, -0.25) is 4.90 Å². The van der Waals surface area contributed by atoms with Crippen molar-refractivity contribution in [2.24, 2.45) is 11.7 Å². The Morgan fingerprint density at radius 2 is 2.25 bits per heavy atom. The first-order valence-electron chi connectivity index (χ1n) is 4.75. The van der Waals surface area contributed by atoms with Gasteiger partial charge < -0.3 is 10.8 Å². The molecule has 0 aromatic rings. The van der Waals surface area contributed by atoms with Crippen molar-refractivity contribution in [3.05, 3.63) is 0 Å². The highest BCUT2D eigenvalue weighted by Gasteiger charge is 2.26. The summed E-state index contributed by atoms with van der Waals surface area (Å²) in [7, 11) is 0. The molecule has 3 nitrogen and oxygen atoms in total. The molecule has 0 saturated carbocycles. The maximum Gasteiger partial charge on any atom is 0.0475 e. The number of aliphatic hydroxyl groups excluding tert-OH is 1. The minimum atomic E-state index is 0.158. The van der Waals surface area contributed by atoms with Crippen molar-refractivity contribution in [1.82, 2.24) is 4.90 Å². The Labute approximate surface area is 74.5 Å². The summed E-state index contributed by atoms with van der Waals surface area (Å²) < 4.78 is 0. The minimum Gasteiger partial charge on any atom is -0.396 e. The average molecular weight is 172 g/mol. The van der Waals surface area contributed by atoms with E-state index in [1.165, 1.54) is 0 Å². The molecule has 72 valence electrons. The minimum absolute atomic E-state index is 0.158. The molecule has 1 aliphatic heterocycles. The van der Waals surface area contributed by atoms with Crippen LogP contribution in [0.5, 0.6) is 0 Å². The van der Waals surface area contributed by atoms with E-state index < -0.39 is 0 Å². The van der Waals surface area contributed by atoms with Crippen molar-refractivity contribution >= 4 is 0 Å². The zero-order chi connectivity index (χ0) is 9.14. The Kier molecular flexibility index (Phi) is 3.50. The van der Waals surface area contributed by atoms with Crippen LogP contribution in [0.2, 0.25) is 0 Å². The smallest absolute Gasteiger partial charge is 0.0475 e. The lowest BCUT2D eigenvalue weighted by Crippen LogP contribution is -2.51. The largest absolute Gasteiger partial charge is 0.396 e. The normalized spacial score (nSPS) is 32.8. The van der Waals surface area contributed by atoms with Crippen molar-refractivity contribution in [2.45, 2.75) is 32.4 Å². The zero-order valence-electron chi connectivity index (χ0n) is 8.03. The predicted octanol–water partition coefficient (Wildman–Crippen LogP) is 0.0363. The van der Waals surface area contributed by atoms with Gasteiger partial charge in [-0.15, -0.1) is 0 Å². The summed E-state index contributed by atoms with van der Waals surface area (Å²) in [5.74, 6) is 0.319. The van der Waals surface area contributed by atoms with Gasteiger partial charge in [-0.2, -0.15) is 0 Å². The summed E-state index contributed by atoms with van der Waals surface area (Å²) in [6, 6.07) is 0.738.